The number of hydrogen-bond acceptors (Lipinski definition) is 8. The molecule has 1 aliphatic carbocycles. The summed E-state index contributed by atoms with van der Waals surface area (Å²) >= 11 is 1.46. The van der Waals surface area contributed by atoms with Gasteiger partial charge in [0.05, 0.1) is 11.9 Å². The molecule has 0 saturated heterocycles. The fourth-order valence-electron chi connectivity index (χ4n) is 4.20. The molecule has 0 unspecified atom stereocenters. The van der Waals surface area contributed by atoms with Gasteiger partial charge in [-0.05, 0) is 60.4 Å². The van der Waals surface area contributed by atoms with Crippen LogP contribution in [0, 0.1) is 0 Å². The molecular weight excluding hydrogens is 424 g/mol. The molecule has 0 aliphatic heterocycles. The zero-order chi connectivity index (χ0) is 21.5. The molecule has 0 amide bonds. The minimum absolute atomic E-state index is 0.0135. The third-order valence-electron chi connectivity index (χ3n) is 5.77. The number of aromatic nitrogens is 6. The summed E-state index contributed by atoms with van der Waals surface area (Å²) in [4.78, 5) is 25.9. The van der Waals surface area contributed by atoms with Crippen molar-refractivity contribution in [3.63, 3.8) is 0 Å². The van der Waals surface area contributed by atoms with Gasteiger partial charge in [-0.2, -0.15) is 4.98 Å². The van der Waals surface area contributed by atoms with E-state index >= 15 is 0 Å². The number of pyridine rings is 2. The Labute approximate surface area is 186 Å². The highest BCUT2D eigenvalue weighted by Gasteiger charge is 2.25. The molecule has 0 bridgehead atoms. The van der Waals surface area contributed by atoms with E-state index in [1.54, 1.807) is 27.7 Å². The van der Waals surface area contributed by atoms with Crippen LogP contribution in [0.25, 0.3) is 21.6 Å². The molecule has 1 aliphatic rings. The lowest BCUT2D eigenvalue weighted by atomic mass is 10.2. The van der Waals surface area contributed by atoms with Crippen LogP contribution in [-0.2, 0) is 0 Å². The van der Waals surface area contributed by atoms with Gasteiger partial charge in [0.25, 0.3) is 11.3 Å². The minimum Gasteiger partial charge on any atom is -0.367 e. The van der Waals surface area contributed by atoms with Gasteiger partial charge in [-0.3, -0.25) is 9.36 Å². The van der Waals surface area contributed by atoms with Gasteiger partial charge in [-0.15, -0.1) is 16.4 Å². The second-order valence-electron chi connectivity index (χ2n) is 7.89. The van der Waals surface area contributed by atoms with Gasteiger partial charge in [0.2, 0.25) is 5.95 Å². The molecule has 10 heteroatoms. The molecular formula is C22H20N8OS. The van der Waals surface area contributed by atoms with Gasteiger partial charge in [0.1, 0.15) is 10.5 Å². The van der Waals surface area contributed by atoms with E-state index in [2.05, 4.69) is 30.7 Å². The van der Waals surface area contributed by atoms with Crippen molar-refractivity contribution in [3.05, 3.63) is 70.9 Å². The first-order valence-electron chi connectivity index (χ1n) is 10.5. The van der Waals surface area contributed by atoms with Crippen LogP contribution in [0.15, 0.2) is 65.3 Å². The van der Waals surface area contributed by atoms with E-state index in [1.807, 2.05) is 41.9 Å². The van der Waals surface area contributed by atoms with Crippen molar-refractivity contribution in [1.29, 1.82) is 0 Å². The molecule has 5 aromatic heterocycles. The van der Waals surface area contributed by atoms with Gasteiger partial charge < -0.3 is 10.6 Å². The van der Waals surface area contributed by atoms with Crippen LogP contribution < -0.4 is 16.2 Å². The maximum Gasteiger partial charge on any atom is 0.273 e. The number of rotatable bonds is 5. The Morgan fingerprint density at radius 2 is 1.94 bits per heavy atom. The molecule has 6 rings (SSSR count). The van der Waals surface area contributed by atoms with Gasteiger partial charge in [-0.1, -0.05) is 0 Å². The Bertz CT molecular complexity index is 1420. The molecule has 2 atom stereocenters. The van der Waals surface area contributed by atoms with Gasteiger partial charge >= 0.3 is 0 Å². The molecule has 160 valence electrons. The summed E-state index contributed by atoms with van der Waals surface area (Å²) in [5, 5.41) is 14.3. The Balaban J connectivity index is 1.11. The maximum atomic E-state index is 12.7. The predicted molar refractivity (Wildman–Crippen MR) is 125 cm³/mol. The number of nitrogens with one attached hydrogen (secondary N) is 2. The summed E-state index contributed by atoms with van der Waals surface area (Å²) in [6.07, 6.45) is 10.1. The van der Waals surface area contributed by atoms with Crippen molar-refractivity contribution in [3.8, 4) is 5.69 Å². The fourth-order valence-corrected chi connectivity index (χ4v) is 5.02. The third kappa shape index (κ3) is 3.48. The standard InChI is InChI=1S/C22H20N8OS/c31-20-19-14(7-11-32-19)6-10-29(20)17-4-5-18(24-13-17)25-15-2-3-16(12-15)26-21-27-22-23-8-1-9-30(22)28-21/h1,4-11,13,15-16H,2-3,12H2,(H,24,25)(H,26,28)/t15-,16-/m0/s1. The average molecular weight is 445 g/mol. The number of hydrogen-bond donors (Lipinski definition) is 2. The first kappa shape index (κ1) is 18.9. The zero-order valence-corrected chi connectivity index (χ0v) is 17.9. The van der Waals surface area contributed by atoms with Crippen LogP contribution in [0.3, 0.4) is 0 Å². The second-order valence-corrected chi connectivity index (χ2v) is 8.81. The SMILES string of the molecule is O=c1c2sccc2ccn1-c1ccc(N[C@H]2CC[C@H](Nc3nc4ncccn4n3)C2)nc1. The van der Waals surface area contributed by atoms with Crippen LogP contribution >= 0.6 is 11.3 Å². The molecule has 2 N–H and O–H groups in total. The summed E-state index contributed by atoms with van der Waals surface area (Å²) in [6, 6.07) is 10.2. The highest BCUT2D eigenvalue weighted by molar-refractivity contribution is 7.17. The monoisotopic (exact) mass is 444 g/mol. The largest absolute Gasteiger partial charge is 0.367 e. The average Bonchev–Trinajstić information content (AvgIpc) is 3.54. The van der Waals surface area contributed by atoms with Crippen LogP contribution in [0.5, 0.6) is 0 Å². The van der Waals surface area contributed by atoms with Crippen molar-refractivity contribution in [1.82, 2.24) is 29.1 Å². The molecule has 1 fully saturated rings. The number of nitrogens with zero attached hydrogens (tertiary/aromatic N) is 6. The minimum atomic E-state index is -0.0135. The highest BCUT2D eigenvalue weighted by Crippen LogP contribution is 2.25. The predicted octanol–water partition coefficient (Wildman–Crippen LogP) is 3.33. The highest BCUT2D eigenvalue weighted by atomic mass is 32.1. The lowest BCUT2D eigenvalue weighted by molar-refractivity contribution is 0.716. The summed E-state index contributed by atoms with van der Waals surface area (Å²) in [5.41, 5.74) is 0.744. The second kappa shape index (κ2) is 7.72. The smallest absolute Gasteiger partial charge is 0.273 e. The summed E-state index contributed by atoms with van der Waals surface area (Å²) in [5.74, 6) is 1.99. The molecule has 5 heterocycles. The number of thiophene rings is 1. The Morgan fingerprint density at radius 3 is 2.78 bits per heavy atom. The molecule has 0 aromatic carbocycles. The molecule has 32 heavy (non-hydrogen) atoms. The summed E-state index contributed by atoms with van der Waals surface area (Å²) in [7, 11) is 0. The van der Waals surface area contributed by atoms with E-state index in [4.69, 9.17) is 0 Å². The molecule has 1 saturated carbocycles. The van der Waals surface area contributed by atoms with Crippen molar-refractivity contribution < 1.29 is 0 Å². The molecule has 0 radical (unpaired) electrons. The van der Waals surface area contributed by atoms with E-state index in [-0.39, 0.29) is 5.56 Å². The van der Waals surface area contributed by atoms with Crippen molar-refractivity contribution in [2.24, 2.45) is 0 Å². The first-order chi connectivity index (χ1) is 15.7. The lowest BCUT2D eigenvalue weighted by Crippen LogP contribution is -2.22. The van der Waals surface area contributed by atoms with Crippen LogP contribution in [-0.4, -0.2) is 41.2 Å². The first-order valence-corrected chi connectivity index (χ1v) is 11.4. The topological polar surface area (TPSA) is 102 Å². The number of fused-ring (bicyclic) bond motifs is 2. The fraction of sp³-hybridized carbons (Fsp3) is 0.227. The quantitative estimate of drug-likeness (QED) is 0.429. The van der Waals surface area contributed by atoms with Crippen molar-refractivity contribution in [2.75, 3.05) is 10.6 Å². The van der Waals surface area contributed by atoms with E-state index in [0.29, 0.717) is 23.8 Å². The van der Waals surface area contributed by atoms with Gasteiger partial charge in [0.15, 0.2) is 0 Å². The number of anilines is 2. The van der Waals surface area contributed by atoms with Gasteiger partial charge in [-0.25, -0.2) is 14.5 Å². The maximum absolute atomic E-state index is 12.7. The van der Waals surface area contributed by atoms with Gasteiger partial charge in [0, 0.05) is 30.7 Å². The van der Waals surface area contributed by atoms with E-state index in [1.165, 1.54) is 11.3 Å². The molecule has 5 aromatic rings. The Morgan fingerprint density at radius 1 is 1.03 bits per heavy atom. The molecule has 9 nitrogen and oxygen atoms in total. The van der Waals surface area contributed by atoms with Crippen LogP contribution in [0.1, 0.15) is 19.3 Å². The Kier molecular flexibility index (Phi) is 4.57. The lowest BCUT2D eigenvalue weighted by Gasteiger charge is -2.15. The zero-order valence-electron chi connectivity index (χ0n) is 17.0. The Hall–Kier alpha value is -3.79. The third-order valence-corrected chi connectivity index (χ3v) is 6.69. The normalized spacial score (nSPS) is 18.4. The van der Waals surface area contributed by atoms with Crippen molar-refractivity contribution >= 4 is 39.0 Å². The van der Waals surface area contributed by atoms with Crippen LogP contribution in [0.2, 0.25) is 0 Å². The summed E-state index contributed by atoms with van der Waals surface area (Å²) in [6.45, 7) is 0. The van der Waals surface area contributed by atoms with E-state index < -0.39 is 0 Å². The molecule has 0 spiro atoms. The summed E-state index contributed by atoms with van der Waals surface area (Å²) < 4.78 is 4.07. The van der Waals surface area contributed by atoms with Crippen molar-refractivity contribution in [2.45, 2.75) is 31.3 Å². The van der Waals surface area contributed by atoms with Crippen LogP contribution in [0.4, 0.5) is 11.8 Å². The van der Waals surface area contributed by atoms with E-state index in [9.17, 15) is 4.79 Å². The van der Waals surface area contributed by atoms with E-state index in [0.717, 1.165) is 40.9 Å².